The molecule has 0 aromatic heterocycles. The summed E-state index contributed by atoms with van der Waals surface area (Å²) in [5.74, 6) is -0.839. The number of carboxylic acid groups (broad SMARTS) is 1. The molecule has 0 spiro atoms. The Kier molecular flexibility index (Phi) is 6.65. The molecule has 0 heterocycles. The predicted octanol–water partition coefficient (Wildman–Crippen LogP) is 4.95. The highest BCUT2D eigenvalue weighted by Gasteiger charge is 2.19. The van der Waals surface area contributed by atoms with Gasteiger partial charge in [0.25, 0.3) is 10.0 Å². The van der Waals surface area contributed by atoms with Crippen LogP contribution < -0.4 is 9.62 Å². The summed E-state index contributed by atoms with van der Waals surface area (Å²) >= 11 is 0. The predicted molar refractivity (Wildman–Crippen MR) is 123 cm³/mol. The normalized spacial score (nSPS) is 11.4. The molecule has 0 aliphatic rings. The van der Waals surface area contributed by atoms with Crippen LogP contribution in [0.5, 0.6) is 0 Å². The zero-order chi connectivity index (χ0) is 22.6. The van der Waals surface area contributed by atoms with Crippen LogP contribution in [-0.4, -0.2) is 26.5 Å². The van der Waals surface area contributed by atoms with Crippen LogP contribution in [0.1, 0.15) is 41.3 Å². The van der Waals surface area contributed by atoms with Crippen molar-refractivity contribution in [1.82, 2.24) is 0 Å². The van der Waals surface area contributed by atoms with Gasteiger partial charge >= 0.3 is 5.97 Å². The van der Waals surface area contributed by atoms with Crippen LogP contribution in [-0.2, 0) is 16.6 Å². The summed E-state index contributed by atoms with van der Waals surface area (Å²) in [6.07, 6.45) is 0. The number of benzene rings is 3. The Morgan fingerprint density at radius 2 is 1.65 bits per heavy atom. The smallest absolute Gasteiger partial charge is 0.335 e. The molecule has 0 radical (unpaired) electrons. The molecule has 3 rings (SSSR count). The number of carbonyl (C=O) groups is 1. The first kappa shape index (κ1) is 22.4. The van der Waals surface area contributed by atoms with Crippen molar-refractivity contribution in [2.45, 2.75) is 31.2 Å². The Labute approximate surface area is 183 Å². The summed E-state index contributed by atoms with van der Waals surface area (Å²) in [5, 5.41) is 9.38. The van der Waals surface area contributed by atoms with Crippen molar-refractivity contribution in [2.24, 2.45) is 0 Å². The van der Waals surface area contributed by atoms with Crippen molar-refractivity contribution in [3.05, 3.63) is 89.5 Å². The Morgan fingerprint density at radius 3 is 2.23 bits per heavy atom. The van der Waals surface area contributed by atoms with Crippen molar-refractivity contribution in [3.63, 3.8) is 0 Å². The third kappa shape index (κ3) is 5.44. The minimum atomic E-state index is -3.90. The molecular formula is C24H26N2O4S. The van der Waals surface area contributed by atoms with Crippen LogP contribution in [0.3, 0.4) is 0 Å². The summed E-state index contributed by atoms with van der Waals surface area (Å²) in [6.45, 7) is 4.60. The van der Waals surface area contributed by atoms with Crippen molar-refractivity contribution >= 4 is 27.4 Å². The maximum absolute atomic E-state index is 13.0. The lowest BCUT2D eigenvalue weighted by molar-refractivity contribution is 0.0697. The molecule has 0 aliphatic carbocycles. The molecule has 162 valence electrons. The number of hydrogen-bond acceptors (Lipinski definition) is 4. The molecule has 3 aromatic rings. The minimum Gasteiger partial charge on any atom is -0.478 e. The zero-order valence-corrected chi connectivity index (χ0v) is 18.6. The van der Waals surface area contributed by atoms with E-state index in [2.05, 4.69) is 4.72 Å². The van der Waals surface area contributed by atoms with E-state index in [4.69, 9.17) is 0 Å². The Hall–Kier alpha value is -3.32. The quantitative estimate of drug-likeness (QED) is 0.520. The second-order valence-electron chi connectivity index (χ2n) is 7.71. The van der Waals surface area contributed by atoms with E-state index < -0.39 is 16.0 Å². The number of sulfonamides is 1. The van der Waals surface area contributed by atoms with Gasteiger partial charge in [-0.2, -0.15) is 0 Å². The molecule has 0 aliphatic heterocycles. The van der Waals surface area contributed by atoms with Gasteiger partial charge in [-0.15, -0.1) is 0 Å². The van der Waals surface area contributed by atoms with Gasteiger partial charge in [0.2, 0.25) is 0 Å². The number of nitrogens with one attached hydrogen (secondary N) is 1. The van der Waals surface area contributed by atoms with Gasteiger partial charge in [-0.3, -0.25) is 4.72 Å². The van der Waals surface area contributed by atoms with Gasteiger partial charge in [0.05, 0.1) is 21.8 Å². The highest BCUT2D eigenvalue weighted by Crippen LogP contribution is 2.30. The topological polar surface area (TPSA) is 86.7 Å². The SMILES string of the molecule is CC(C)c1ccc(S(=O)(=O)Nc2cc(C(=O)O)ccc2N(C)Cc2ccccc2)cc1. The van der Waals surface area contributed by atoms with Gasteiger partial charge in [0.1, 0.15) is 0 Å². The molecule has 0 unspecified atom stereocenters. The Balaban J connectivity index is 1.95. The van der Waals surface area contributed by atoms with E-state index in [9.17, 15) is 18.3 Å². The van der Waals surface area contributed by atoms with Gasteiger partial charge in [-0.25, -0.2) is 13.2 Å². The molecule has 0 bridgehead atoms. The highest BCUT2D eigenvalue weighted by atomic mass is 32.2. The van der Waals surface area contributed by atoms with Gasteiger partial charge < -0.3 is 10.0 Å². The minimum absolute atomic E-state index is 0.00437. The monoisotopic (exact) mass is 438 g/mol. The van der Waals surface area contributed by atoms with Gasteiger partial charge in [-0.05, 0) is 47.4 Å². The van der Waals surface area contributed by atoms with Crippen LogP contribution in [0, 0.1) is 0 Å². The fraction of sp³-hybridized carbons (Fsp3) is 0.208. The van der Waals surface area contributed by atoms with E-state index in [0.29, 0.717) is 12.2 Å². The number of anilines is 2. The molecule has 0 saturated carbocycles. The highest BCUT2D eigenvalue weighted by molar-refractivity contribution is 7.92. The van der Waals surface area contributed by atoms with Crippen molar-refractivity contribution in [3.8, 4) is 0 Å². The van der Waals surface area contributed by atoms with E-state index in [-0.39, 0.29) is 22.1 Å². The maximum atomic E-state index is 13.0. The lowest BCUT2D eigenvalue weighted by atomic mass is 10.0. The van der Waals surface area contributed by atoms with Crippen LogP contribution in [0.4, 0.5) is 11.4 Å². The van der Waals surface area contributed by atoms with E-state index in [1.807, 2.05) is 56.1 Å². The van der Waals surface area contributed by atoms with Crippen LogP contribution in [0.25, 0.3) is 0 Å². The standard InChI is InChI=1S/C24H26N2O4S/c1-17(2)19-9-12-21(13-10-19)31(29,30)25-22-15-20(24(27)28)11-14-23(22)26(3)16-18-7-5-4-6-8-18/h4-15,17,25H,16H2,1-3H3,(H,27,28). The zero-order valence-electron chi connectivity index (χ0n) is 17.7. The average Bonchev–Trinajstić information content (AvgIpc) is 2.74. The third-order valence-corrected chi connectivity index (χ3v) is 6.40. The molecule has 0 atom stereocenters. The van der Waals surface area contributed by atoms with Crippen LogP contribution in [0.15, 0.2) is 77.7 Å². The number of aromatic carboxylic acids is 1. The summed E-state index contributed by atoms with van der Waals surface area (Å²) < 4.78 is 28.6. The second kappa shape index (κ2) is 9.22. The largest absolute Gasteiger partial charge is 0.478 e. The van der Waals surface area contributed by atoms with E-state index >= 15 is 0 Å². The molecule has 6 nitrogen and oxygen atoms in total. The molecule has 0 saturated heterocycles. The van der Waals surface area contributed by atoms with Crippen molar-refractivity contribution < 1.29 is 18.3 Å². The van der Waals surface area contributed by atoms with Crippen LogP contribution in [0.2, 0.25) is 0 Å². The summed E-state index contributed by atoms with van der Waals surface area (Å²) in [6, 6.07) is 20.9. The molecule has 7 heteroatoms. The summed E-state index contributed by atoms with van der Waals surface area (Å²) in [7, 11) is -2.07. The number of nitrogens with zero attached hydrogens (tertiary/aromatic N) is 1. The summed E-state index contributed by atoms with van der Waals surface area (Å²) in [5.41, 5.74) is 2.88. The fourth-order valence-corrected chi connectivity index (χ4v) is 4.33. The molecule has 3 aromatic carbocycles. The first-order valence-electron chi connectivity index (χ1n) is 9.92. The lowest BCUT2D eigenvalue weighted by Gasteiger charge is -2.23. The van der Waals surface area contributed by atoms with Crippen molar-refractivity contribution in [2.75, 3.05) is 16.7 Å². The maximum Gasteiger partial charge on any atom is 0.335 e. The van der Waals surface area contributed by atoms with Crippen LogP contribution >= 0.6 is 0 Å². The van der Waals surface area contributed by atoms with Gasteiger partial charge in [0.15, 0.2) is 0 Å². The third-order valence-electron chi connectivity index (χ3n) is 5.02. The Morgan fingerprint density at radius 1 is 1.00 bits per heavy atom. The van der Waals surface area contributed by atoms with E-state index in [1.54, 1.807) is 30.3 Å². The Bertz CT molecular complexity index is 1160. The first-order valence-corrected chi connectivity index (χ1v) is 11.4. The number of hydrogen-bond donors (Lipinski definition) is 2. The molecule has 2 N–H and O–H groups in total. The van der Waals surface area contributed by atoms with Gasteiger partial charge in [-0.1, -0.05) is 56.3 Å². The van der Waals surface area contributed by atoms with Crippen molar-refractivity contribution in [1.29, 1.82) is 0 Å². The molecular weight excluding hydrogens is 412 g/mol. The number of carboxylic acids is 1. The summed E-state index contributed by atoms with van der Waals surface area (Å²) in [4.78, 5) is 13.5. The molecule has 31 heavy (non-hydrogen) atoms. The number of rotatable bonds is 8. The lowest BCUT2D eigenvalue weighted by Crippen LogP contribution is -2.21. The molecule has 0 amide bonds. The van der Waals surface area contributed by atoms with E-state index in [1.165, 1.54) is 12.1 Å². The first-order chi connectivity index (χ1) is 14.7. The second-order valence-corrected chi connectivity index (χ2v) is 9.39. The average molecular weight is 439 g/mol. The fourth-order valence-electron chi connectivity index (χ4n) is 3.26. The van der Waals surface area contributed by atoms with Gasteiger partial charge in [0, 0.05) is 13.6 Å². The molecule has 0 fully saturated rings. The van der Waals surface area contributed by atoms with E-state index in [0.717, 1.165) is 11.1 Å².